The van der Waals surface area contributed by atoms with Gasteiger partial charge in [0.25, 0.3) is 0 Å². The van der Waals surface area contributed by atoms with E-state index in [-0.39, 0.29) is 5.78 Å². The third-order valence-corrected chi connectivity index (χ3v) is 2.87. The summed E-state index contributed by atoms with van der Waals surface area (Å²) < 4.78 is 0. The van der Waals surface area contributed by atoms with Crippen molar-refractivity contribution in [3.8, 4) is 0 Å². The first-order valence-electron chi connectivity index (χ1n) is 6.32. The molecule has 0 radical (unpaired) electrons. The SMILES string of the molecule is Cc1ccc(C(=O)CNCCC(C)C)c(C)c1. The number of Topliss-reactive ketones (excluding diaryl/α,β-unsaturated/α-hetero) is 1. The molecule has 0 aliphatic rings. The van der Waals surface area contributed by atoms with E-state index in [1.165, 1.54) is 5.56 Å². The van der Waals surface area contributed by atoms with E-state index >= 15 is 0 Å². The Labute approximate surface area is 104 Å². The summed E-state index contributed by atoms with van der Waals surface area (Å²) in [7, 11) is 0. The van der Waals surface area contributed by atoms with Crippen LogP contribution in [0.1, 0.15) is 41.8 Å². The average Bonchev–Trinajstić information content (AvgIpc) is 2.23. The van der Waals surface area contributed by atoms with Crippen LogP contribution in [-0.2, 0) is 0 Å². The lowest BCUT2D eigenvalue weighted by molar-refractivity contribution is 0.0990. The van der Waals surface area contributed by atoms with Gasteiger partial charge in [-0.3, -0.25) is 4.79 Å². The van der Waals surface area contributed by atoms with Gasteiger partial charge in [0, 0.05) is 5.56 Å². The lowest BCUT2D eigenvalue weighted by atomic mass is 10.0. The molecule has 1 rings (SSSR count). The average molecular weight is 233 g/mol. The fraction of sp³-hybridized carbons (Fsp3) is 0.533. The summed E-state index contributed by atoms with van der Waals surface area (Å²) in [6.45, 7) is 9.77. The molecule has 0 unspecified atom stereocenters. The Morgan fingerprint density at radius 1 is 1.29 bits per heavy atom. The summed E-state index contributed by atoms with van der Waals surface area (Å²) in [5, 5.41) is 3.21. The Balaban J connectivity index is 2.47. The highest BCUT2D eigenvalue weighted by molar-refractivity contribution is 5.98. The summed E-state index contributed by atoms with van der Waals surface area (Å²) in [5.74, 6) is 0.866. The van der Waals surface area contributed by atoms with Gasteiger partial charge in [-0.05, 0) is 38.3 Å². The lowest BCUT2D eigenvalue weighted by Gasteiger charge is -2.08. The fourth-order valence-electron chi connectivity index (χ4n) is 1.81. The van der Waals surface area contributed by atoms with Crippen LogP contribution in [0.5, 0.6) is 0 Å². The Bertz CT molecular complexity index is 383. The van der Waals surface area contributed by atoms with Crippen LogP contribution < -0.4 is 5.32 Å². The number of hydrogen-bond donors (Lipinski definition) is 1. The molecule has 0 saturated carbocycles. The maximum atomic E-state index is 12.0. The third-order valence-electron chi connectivity index (χ3n) is 2.87. The van der Waals surface area contributed by atoms with Gasteiger partial charge in [-0.1, -0.05) is 37.6 Å². The zero-order valence-electron chi connectivity index (χ0n) is 11.3. The number of nitrogens with one attached hydrogen (secondary N) is 1. The first-order chi connectivity index (χ1) is 8.00. The molecule has 0 spiro atoms. The van der Waals surface area contributed by atoms with E-state index in [0.29, 0.717) is 12.5 Å². The van der Waals surface area contributed by atoms with Gasteiger partial charge >= 0.3 is 0 Å². The number of carbonyl (C=O) groups is 1. The minimum absolute atomic E-state index is 0.186. The quantitative estimate of drug-likeness (QED) is 0.604. The van der Waals surface area contributed by atoms with E-state index in [2.05, 4.69) is 25.2 Å². The van der Waals surface area contributed by atoms with Gasteiger partial charge in [-0.15, -0.1) is 0 Å². The van der Waals surface area contributed by atoms with Crippen LogP contribution in [-0.4, -0.2) is 18.9 Å². The Morgan fingerprint density at radius 3 is 2.59 bits per heavy atom. The predicted molar refractivity (Wildman–Crippen MR) is 72.6 cm³/mol. The van der Waals surface area contributed by atoms with Gasteiger partial charge in [-0.25, -0.2) is 0 Å². The van der Waals surface area contributed by atoms with Gasteiger partial charge in [0.15, 0.2) is 5.78 Å². The number of hydrogen-bond acceptors (Lipinski definition) is 2. The van der Waals surface area contributed by atoms with Gasteiger partial charge in [0.2, 0.25) is 0 Å². The van der Waals surface area contributed by atoms with Crippen LogP contribution in [0, 0.1) is 19.8 Å². The molecule has 2 nitrogen and oxygen atoms in total. The van der Waals surface area contributed by atoms with Crippen molar-refractivity contribution in [1.29, 1.82) is 0 Å². The van der Waals surface area contributed by atoms with Gasteiger partial charge < -0.3 is 5.32 Å². The van der Waals surface area contributed by atoms with Crippen LogP contribution in [0.3, 0.4) is 0 Å². The van der Waals surface area contributed by atoms with Crippen LogP contribution >= 0.6 is 0 Å². The summed E-state index contributed by atoms with van der Waals surface area (Å²) in [5.41, 5.74) is 3.11. The molecule has 94 valence electrons. The normalized spacial score (nSPS) is 10.9. The number of ketones is 1. The maximum absolute atomic E-state index is 12.0. The zero-order chi connectivity index (χ0) is 12.8. The van der Waals surface area contributed by atoms with E-state index in [9.17, 15) is 4.79 Å². The molecule has 0 aliphatic carbocycles. The first kappa shape index (κ1) is 13.9. The largest absolute Gasteiger partial charge is 0.310 e. The van der Waals surface area contributed by atoms with Crippen LogP contribution in [0.15, 0.2) is 18.2 Å². The second kappa shape index (κ2) is 6.55. The van der Waals surface area contributed by atoms with Crippen molar-refractivity contribution in [1.82, 2.24) is 5.32 Å². The molecular weight excluding hydrogens is 210 g/mol. The van der Waals surface area contributed by atoms with E-state index in [1.807, 2.05) is 26.0 Å². The predicted octanol–water partition coefficient (Wildman–Crippen LogP) is 3.12. The number of benzene rings is 1. The smallest absolute Gasteiger partial charge is 0.176 e. The summed E-state index contributed by atoms with van der Waals surface area (Å²) >= 11 is 0. The highest BCUT2D eigenvalue weighted by Crippen LogP contribution is 2.10. The topological polar surface area (TPSA) is 29.1 Å². The molecule has 17 heavy (non-hydrogen) atoms. The van der Waals surface area contributed by atoms with Crippen molar-refractivity contribution in [3.05, 3.63) is 34.9 Å². The molecule has 1 N–H and O–H groups in total. The molecule has 0 aromatic heterocycles. The van der Waals surface area contributed by atoms with E-state index in [1.54, 1.807) is 0 Å². The minimum Gasteiger partial charge on any atom is -0.310 e. The van der Waals surface area contributed by atoms with Crippen molar-refractivity contribution in [3.63, 3.8) is 0 Å². The van der Waals surface area contributed by atoms with Crippen LogP contribution in [0.2, 0.25) is 0 Å². The van der Waals surface area contributed by atoms with Crippen molar-refractivity contribution >= 4 is 5.78 Å². The molecular formula is C15H23NO. The molecule has 1 aromatic rings. The Morgan fingerprint density at radius 2 is 2.00 bits per heavy atom. The number of aryl methyl sites for hydroxylation is 2. The summed E-state index contributed by atoms with van der Waals surface area (Å²) in [4.78, 5) is 12.0. The van der Waals surface area contributed by atoms with Gasteiger partial charge in [0.1, 0.15) is 0 Å². The van der Waals surface area contributed by atoms with E-state index in [4.69, 9.17) is 0 Å². The summed E-state index contributed by atoms with van der Waals surface area (Å²) in [6.07, 6.45) is 1.11. The van der Waals surface area contributed by atoms with Crippen molar-refractivity contribution in [2.75, 3.05) is 13.1 Å². The van der Waals surface area contributed by atoms with Crippen LogP contribution in [0.25, 0.3) is 0 Å². The molecule has 2 heteroatoms. The molecule has 0 saturated heterocycles. The highest BCUT2D eigenvalue weighted by atomic mass is 16.1. The minimum atomic E-state index is 0.186. The highest BCUT2D eigenvalue weighted by Gasteiger charge is 2.08. The molecule has 0 amide bonds. The Kier molecular flexibility index (Phi) is 5.36. The number of rotatable bonds is 6. The second-order valence-corrected chi connectivity index (χ2v) is 5.10. The van der Waals surface area contributed by atoms with E-state index < -0.39 is 0 Å². The maximum Gasteiger partial charge on any atom is 0.176 e. The second-order valence-electron chi connectivity index (χ2n) is 5.10. The monoisotopic (exact) mass is 233 g/mol. The van der Waals surface area contributed by atoms with Gasteiger partial charge in [-0.2, -0.15) is 0 Å². The van der Waals surface area contributed by atoms with Crippen molar-refractivity contribution in [2.24, 2.45) is 5.92 Å². The lowest BCUT2D eigenvalue weighted by Crippen LogP contribution is -2.25. The Hall–Kier alpha value is -1.15. The first-order valence-corrected chi connectivity index (χ1v) is 6.32. The van der Waals surface area contributed by atoms with Crippen LogP contribution in [0.4, 0.5) is 0 Å². The molecule has 0 bridgehead atoms. The zero-order valence-corrected chi connectivity index (χ0v) is 11.3. The molecule has 0 atom stereocenters. The van der Waals surface area contributed by atoms with Crippen molar-refractivity contribution < 1.29 is 4.79 Å². The molecule has 0 aliphatic heterocycles. The molecule has 1 aromatic carbocycles. The standard InChI is InChI=1S/C15H23NO/c1-11(2)7-8-16-10-15(17)14-6-5-12(3)9-13(14)4/h5-6,9,11,16H,7-8,10H2,1-4H3. The van der Waals surface area contributed by atoms with E-state index in [0.717, 1.165) is 24.1 Å². The molecule has 0 heterocycles. The fourth-order valence-corrected chi connectivity index (χ4v) is 1.81. The van der Waals surface area contributed by atoms with Gasteiger partial charge in [0.05, 0.1) is 6.54 Å². The summed E-state index contributed by atoms with van der Waals surface area (Å²) in [6, 6.07) is 5.98. The number of carbonyl (C=O) groups excluding carboxylic acids is 1. The molecule has 0 fully saturated rings. The third kappa shape index (κ3) is 4.70. The van der Waals surface area contributed by atoms with Crippen molar-refractivity contribution in [2.45, 2.75) is 34.1 Å².